The van der Waals surface area contributed by atoms with Crippen LogP contribution in [0.1, 0.15) is 201 Å². The van der Waals surface area contributed by atoms with E-state index in [0.29, 0.717) is 46.4 Å². The Balaban J connectivity index is -0.000000122. The van der Waals surface area contributed by atoms with E-state index in [-0.39, 0.29) is 44.2 Å². The van der Waals surface area contributed by atoms with E-state index < -0.39 is 11.9 Å². The molecule has 0 N–H and O–H groups in total. The minimum atomic E-state index is -1.08. The Bertz CT molecular complexity index is 663. The van der Waals surface area contributed by atoms with Crippen molar-refractivity contribution < 1.29 is 40.2 Å². The predicted molar refractivity (Wildman–Crippen MR) is 220 cm³/mol. The monoisotopic (exact) mass is 830 g/mol. The van der Waals surface area contributed by atoms with Crippen LogP contribution in [0.5, 0.6) is 0 Å². The Morgan fingerprint density at radius 2 is 0.333 bits per heavy atom. The van der Waals surface area contributed by atoms with Gasteiger partial charge in [0.15, 0.2) is 0 Å². The average molecular weight is 831 g/mol. The Morgan fingerprint density at radius 1 is 0.292 bits per heavy atom. The average Bonchev–Trinajstić information content (AvgIpc) is 2.47. The minimum Gasteiger partial charge on any atom is -0.550 e. The van der Waals surface area contributed by atoms with Crippen molar-refractivity contribution in [2.45, 2.75) is 247 Å². The first kappa shape index (κ1) is 61.0. The zero-order valence-electron chi connectivity index (χ0n) is 37.8. The van der Waals surface area contributed by atoms with Crippen LogP contribution >= 0.6 is 23.8 Å². The third kappa shape index (κ3) is 32.8. The second kappa shape index (κ2) is 21.6. The second-order valence-electron chi connectivity index (χ2n) is 21.5. The number of aliphatic carboxylic acids is 2. The molecule has 0 saturated carbocycles. The Hall–Kier alpha value is 0.892. The summed E-state index contributed by atoms with van der Waals surface area (Å²) in [7, 11) is 0.0486. The number of rotatable bonds is 0. The van der Waals surface area contributed by atoms with Crippen LogP contribution in [-0.2, 0) is 30.0 Å². The van der Waals surface area contributed by atoms with E-state index in [1.807, 2.05) is 0 Å². The maximum atomic E-state index is 8.89. The van der Waals surface area contributed by atoms with Crippen molar-refractivity contribution in [1.29, 1.82) is 0 Å². The van der Waals surface area contributed by atoms with Gasteiger partial charge >= 0.3 is 20.4 Å². The van der Waals surface area contributed by atoms with E-state index in [2.05, 4.69) is 187 Å². The van der Waals surface area contributed by atoms with E-state index in [9.17, 15) is 0 Å². The van der Waals surface area contributed by atoms with Gasteiger partial charge in [-0.15, -0.1) is 0 Å². The first-order valence-corrected chi connectivity index (χ1v) is 21.4. The minimum absolute atomic E-state index is 0. The third-order valence-corrected chi connectivity index (χ3v) is 18.1. The maximum Gasteiger partial charge on any atom is 2.00 e. The SMILES string of the molecule is CC(=O)[O-].CC(=O)[O-].CC(C)(C)P(C(C)(C)C)C(C)(C)C.CC(C)(C)P(C(C)(C)C)C(C)(C)C.CC(C)(C)P(C(C)(C)C)C(C)(C)C.[Pd+2]. The fourth-order valence-electron chi connectivity index (χ4n) is 9.06. The first-order chi connectivity index (χ1) is 19.6. The molecule has 0 saturated heterocycles. The molecule has 0 atom stereocenters. The van der Waals surface area contributed by atoms with Gasteiger partial charge in [-0.1, -0.05) is 211 Å². The summed E-state index contributed by atoms with van der Waals surface area (Å²) in [5.74, 6) is -2.17. The van der Waals surface area contributed by atoms with Gasteiger partial charge in [-0.05, 0) is 60.3 Å². The molecule has 0 aromatic heterocycles. The van der Waals surface area contributed by atoms with Crippen molar-refractivity contribution in [3.05, 3.63) is 0 Å². The molecule has 296 valence electrons. The van der Waals surface area contributed by atoms with E-state index >= 15 is 0 Å². The van der Waals surface area contributed by atoms with Crippen molar-refractivity contribution in [2.24, 2.45) is 0 Å². The van der Waals surface area contributed by atoms with Crippen LogP contribution in [0.15, 0.2) is 0 Å². The van der Waals surface area contributed by atoms with Gasteiger partial charge in [0.05, 0.1) is 0 Å². The molecule has 0 aromatic carbocycles. The summed E-state index contributed by atoms with van der Waals surface area (Å²) in [4.78, 5) is 17.8. The summed E-state index contributed by atoms with van der Waals surface area (Å²) in [6.07, 6.45) is 0. The molecule has 0 fully saturated rings. The molecule has 0 radical (unpaired) electrons. The topological polar surface area (TPSA) is 80.3 Å². The molecule has 0 unspecified atom stereocenters. The summed E-state index contributed by atoms with van der Waals surface area (Å²) in [5, 5.41) is 21.8. The quantitative estimate of drug-likeness (QED) is 0.180. The molecule has 0 rings (SSSR count). The Kier molecular flexibility index (Phi) is 27.4. The third-order valence-electron chi connectivity index (χ3n) is 6.04. The molecule has 0 aliphatic carbocycles. The number of carboxylic acid groups (broad SMARTS) is 2. The molecule has 0 aliphatic heterocycles. The number of carbonyl (C=O) groups is 2. The summed E-state index contributed by atoms with van der Waals surface area (Å²) in [6, 6.07) is 0. The van der Waals surface area contributed by atoms with Crippen molar-refractivity contribution in [3.8, 4) is 0 Å². The number of carbonyl (C=O) groups excluding carboxylic acids is 2. The second-order valence-corrected chi connectivity index (χ2v) is 35.6. The molecule has 0 heterocycles. The zero-order chi connectivity index (χ0) is 40.4. The fourth-order valence-corrected chi connectivity index (χ4v) is 27.2. The molecule has 4 nitrogen and oxygen atoms in total. The van der Waals surface area contributed by atoms with Gasteiger partial charge in [-0.3, -0.25) is 0 Å². The van der Waals surface area contributed by atoms with E-state index in [1.165, 1.54) is 0 Å². The van der Waals surface area contributed by atoms with Gasteiger partial charge in [-0.2, -0.15) is 0 Å². The van der Waals surface area contributed by atoms with Crippen LogP contribution in [0.4, 0.5) is 0 Å². The van der Waals surface area contributed by atoms with Crippen LogP contribution in [0.2, 0.25) is 0 Å². The van der Waals surface area contributed by atoms with E-state index in [0.717, 1.165) is 13.8 Å². The van der Waals surface area contributed by atoms with Crippen LogP contribution in [0.3, 0.4) is 0 Å². The van der Waals surface area contributed by atoms with Crippen LogP contribution < -0.4 is 10.2 Å². The van der Waals surface area contributed by atoms with Gasteiger partial charge in [0, 0.05) is 11.9 Å². The normalized spacial score (nSPS) is 13.4. The van der Waals surface area contributed by atoms with Gasteiger partial charge in [0.25, 0.3) is 0 Å². The fraction of sp³-hybridized carbons (Fsp3) is 0.950. The van der Waals surface area contributed by atoms with Crippen molar-refractivity contribution in [1.82, 2.24) is 0 Å². The molecule has 0 aromatic rings. The first-order valence-electron chi connectivity index (χ1n) is 17.3. The molecular weight excluding hydrogens is 744 g/mol. The van der Waals surface area contributed by atoms with Crippen molar-refractivity contribution in [3.63, 3.8) is 0 Å². The largest absolute Gasteiger partial charge is 2.00 e. The smallest absolute Gasteiger partial charge is 0.550 e. The Morgan fingerprint density at radius 3 is 0.333 bits per heavy atom. The van der Waals surface area contributed by atoms with Crippen LogP contribution in [-0.4, -0.2) is 58.3 Å². The zero-order valence-corrected chi connectivity index (χ0v) is 42.0. The molecule has 0 spiro atoms. The van der Waals surface area contributed by atoms with Gasteiger partial charge in [0.2, 0.25) is 0 Å². The summed E-state index contributed by atoms with van der Waals surface area (Å²) < 4.78 is 0. The maximum absolute atomic E-state index is 8.89. The molecule has 0 aliphatic rings. The van der Waals surface area contributed by atoms with Crippen molar-refractivity contribution in [2.75, 3.05) is 0 Å². The van der Waals surface area contributed by atoms with Gasteiger partial charge in [0.1, 0.15) is 0 Å². The number of carboxylic acids is 2. The summed E-state index contributed by atoms with van der Waals surface area (Å²) in [5.41, 5.74) is 0. The number of hydrogen-bond acceptors (Lipinski definition) is 4. The molecule has 48 heavy (non-hydrogen) atoms. The van der Waals surface area contributed by atoms with Crippen molar-refractivity contribution >= 4 is 35.7 Å². The van der Waals surface area contributed by atoms with Gasteiger partial charge in [-0.25, -0.2) is 0 Å². The molecule has 8 heteroatoms. The molecule has 0 bridgehead atoms. The predicted octanol–water partition coefficient (Wildman–Crippen LogP) is 12.1. The van der Waals surface area contributed by atoms with Gasteiger partial charge < -0.3 is 19.8 Å². The van der Waals surface area contributed by atoms with E-state index in [1.54, 1.807) is 0 Å². The standard InChI is InChI=1S/3C12H27P.2C2H4O2.Pd/c3*1-10(2,3)13(11(4,5)6)12(7,8)9;2*1-2(3)4;/h3*1-9H3;2*1H3,(H,3,4);/q;;;;;+2/p-2. The number of hydrogen-bond donors (Lipinski definition) is 0. The van der Waals surface area contributed by atoms with E-state index in [4.69, 9.17) is 19.8 Å². The summed E-state index contributed by atoms with van der Waals surface area (Å²) >= 11 is 0. The molecule has 0 amide bonds. The van der Waals surface area contributed by atoms with Crippen LogP contribution in [0, 0.1) is 0 Å². The molecular formula is C40H87O4P3Pd. The van der Waals surface area contributed by atoms with Crippen LogP contribution in [0.25, 0.3) is 0 Å². The summed E-state index contributed by atoms with van der Waals surface area (Å²) in [6.45, 7) is 66.3. The Labute approximate surface area is 321 Å².